The van der Waals surface area contributed by atoms with E-state index in [2.05, 4.69) is 4.74 Å². The molecule has 0 saturated heterocycles. The van der Waals surface area contributed by atoms with Crippen molar-refractivity contribution in [1.82, 2.24) is 0 Å². The van der Waals surface area contributed by atoms with Gasteiger partial charge in [-0.05, 0) is 12.5 Å². The Morgan fingerprint density at radius 2 is 1.88 bits per heavy atom. The van der Waals surface area contributed by atoms with Crippen LogP contribution in [0.25, 0.3) is 0 Å². The summed E-state index contributed by atoms with van der Waals surface area (Å²) in [6, 6.07) is 0.249. The molecule has 1 aromatic rings. The summed E-state index contributed by atoms with van der Waals surface area (Å²) < 4.78 is 43.2. The van der Waals surface area contributed by atoms with Crippen LogP contribution in [0.5, 0.6) is 0 Å². The predicted molar refractivity (Wildman–Crippen MR) is 54.5 cm³/mol. The first kappa shape index (κ1) is 13.5. The Morgan fingerprint density at radius 1 is 1.29 bits per heavy atom. The quantitative estimate of drug-likeness (QED) is 0.654. The molecule has 1 unspecified atom stereocenters. The van der Waals surface area contributed by atoms with Gasteiger partial charge in [-0.15, -0.1) is 0 Å². The summed E-state index contributed by atoms with van der Waals surface area (Å²) in [5, 5.41) is 0. The SMILES string of the molecule is COC(=O)CCC(N)c1cc(F)c(F)cc1F. The lowest BCUT2D eigenvalue weighted by Gasteiger charge is -2.12. The maximum atomic E-state index is 13.3. The smallest absolute Gasteiger partial charge is 0.305 e. The zero-order chi connectivity index (χ0) is 13.0. The van der Waals surface area contributed by atoms with Gasteiger partial charge in [-0.1, -0.05) is 0 Å². The highest BCUT2D eigenvalue weighted by Crippen LogP contribution is 2.22. The molecule has 6 heteroatoms. The van der Waals surface area contributed by atoms with Gasteiger partial charge in [0.25, 0.3) is 0 Å². The van der Waals surface area contributed by atoms with E-state index in [-0.39, 0.29) is 18.4 Å². The van der Waals surface area contributed by atoms with Gasteiger partial charge in [0.1, 0.15) is 5.82 Å². The molecule has 0 bridgehead atoms. The number of halogens is 3. The Balaban J connectivity index is 2.78. The molecule has 0 spiro atoms. The molecule has 2 N–H and O–H groups in total. The number of carbonyl (C=O) groups excluding carboxylic acids is 1. The molecule has 1 rings (SSSR count). The number of esters is 1. The molecule has 0 amide bonds. The molecule has 0 saturated carbocycles. The largest absolute Gasteiger partial charge is 0.469 e. The van der Waals surface area contributed by atoms with E-state index in [1.807, 2.05) is 0 Å². The third kappa shape index (κ3) is 3.45. The van der Waals surface area contributed by atoms with Crippen molar-refractivity contribution in [2.45, 2.75) is 18.9 Å². The van der Waals surface area contributed by atoms with E-state index in [0.29, 0.717) is 12.1 Å². The summed E-state index contributed by atoms with van der Waals surface area (Å²) in [6.45, 7) is 0. The highest BCUT2D eigenvalue weighted by molar-refractivity contribution is 5.69. The molecule has 1 atom stereocenters. The first-order valence-corrected chi connectivity index (χ1v) is 4.92. The standard InChI is InChI=1S/C11H12F3NO2/c1-17-11(16)3-2-10(15)6-4-8(13)9(14)5-7(6)12/h4-5,10H,2-3,15H2,1H3. The molecule has 1 aromatic carbocycles. The van der Waals surface area contributed by atoms with Crippen LogP contribution in [-0.2, 0) is 9.53 Å². The minimum Gasteiger partial charge on any atom is -0.469 e. The fraction of sp³-hybridized carbons (Fsp3) is 0.364. The highest BCUT2D eigenvalue weighted by Gasteiger charge is 2.16. The van der Waals surface area contributed by atoms with Gasteiger partial charge in [0.2, 0.25) is 0 Å². The summed E-state index contributed by atoms with van der Waals surface area (Å²) in [4.78, 5) is 10.8. The van der Waals surface area contributed by atoms with E-state index in [1.165, 1.54) is 7.11 Å². The minimum atomic E-state index is -1.27. The zero-order valence-corrected chi connectivity index (χ0v) is 9.17. The van der Waals surface area contributed by atoms with Crippen molar-refractivity contribution in [3.63, 3.8) is 0 Å². The molecule has 0 radical (unpaired) electrons. The van der Waals surface area contributed by atoms with E-state index in [0.717, 1.165) is 0 Å². The van der Waals surface area contributed by atoms with E-state index < -0.39 is 29.5 Å². The van der Waals surface area contributed by atoms with Crippen LogP contribution in [0.2, 0.25) is 0 Å². The lowest BCUT2D eigenvalue weighted by Crippen LogP contribution is -2.15. The highest BCUT2D eigenvalue weighted by atomic mass is 19.2. The van der Waals surface area contributed by atoms with Crippen molar-refractivity contribution in [3.05, 3.63) is 35.1 Å². The Hall–Kier alpha value is -1.56. The Bertz CT molecular complexity index is 423. The number of carbonyl (C=O) groups is 1. The zero-order valence-electron chi connectivity index (χ0n) is 9.17. The van der Waals surface area contributed by atoms with Crippen LogP contribution in [0.15, 0.2) is 12.1 Å². The first-order chi connectivity index (χ1) is 7.95. The van der Waals surface area contributed by atoms with Gasteiger partial charge in [-0.3, -0.25) is 4.79 Å². The molecule has 0 aromatic heterocycles. The van der Waals surface area contributed by atoms with Crippen molar-refractivity contribution in [1.29, 1.82) is 0 Å². The van der Waals surface area contributed by atoms with Crippen LogP contribution in [0.3, 0.4) is 0 Å². The van der Waals surface area contributed by atoms with Gasteiger partial charge in [0.05, 0.1) is 7.11 Å². The van der Waals surface area contributed by atoms with Gasteiger partial charge in [0.15, 0.2) is 11.6 Å². The molecule has 0 aliphatic carbocycles. The molecular weight excluding hydrogens is 235 g/mol. The molecule has 0 aliphatic rings. The summed E-state index contributed by atoms with van der Waals surface area (Å²) in [5.41, 5.74) is 5.42. The summed E-state index contributed by atoms with van der Waals surface area (Å²) in [5.74, 6) is -3.87. The number of ether oxygens (including phenoxy) is 1. The van der Waals surface area contributed by atoms with Crippen molar-refractivity contribution in [2.24, 2.45) is 5.73 Å². The van der Waals surface area contributed by atoms with Gasteiger partial charge in [0, 0.05) is 24.1 Å². The second-order valence-electron chi connectivity index (χ2n) is 3.51. The monoisotopic (exact) mass is 247 g/mol. The van der Waals surface area contributed by atoms with Crippen molar-refractivity contribution in [2.75, 3.05) is 7.11 Å². The van der Waals surface area contributed by atoms with Crippen LogP contribution in [-0.4, -0.2) is 13.1 Å². The molecule has 0 heterocycles. The Morgan fingerprint density at radius 3 is 2.47 bits per heavy atom. The lowest BCUT2D eigenvalue weighted by atomic mass is 10.0. The third-order valence-electron chi connectivity index (χ3n) is 2.33. The van der Waals surface area contributed by atoms with Crippen molar-refractivity contribution < 1.29 is 22.7 Å². The molecular formula is C11H12F3NO2. The second-order valence-corrected chi connectivity index (χ2v) is 3.51. The summed E-state index contributed by atoms with van der Waals surface area (Å²) in [6.07, 6.45) is 0.0742. The van der Waals surface area contributed by atoms with E-state index >= 15 is 0 Å². The maximum Gasteiger partial charge on any atom is 0.305 e. The maximum absolute atomic E-state index is 13.3. The van der Waals surface area contributed by atoms with Crippen LogP contribution in [0.1, 0.15) is 24.4 Å². The van der Waals surface area contributed by atoms with Crippen LogP contribution in [0.4, 0.5) is 13.2 Å². The second kappa shape index (κ2) is 5.67. The predicted octanol–water partition coefficient (Wildman–Crippen LogP) is 2.06. The molecule has 3 nitrogen and oxygen atoms in total. The van der Waals surface area contributed by atoms with E-state index in [1.54, 1.807) is 0 Å². The third-order valence-corrected chi connectivity index (χ3v) is 2.33. The number of hydrogen-bond acceptors (Lipinski definition) is 3. The minimum absolute atomic E-state index is 0.0178. The number of rotatable bonds is 4. The molecule has 0 fully saturated rings. The van der Waals surface area contributed by atoms with Crippen LogP contribution in [0, 0.1) is 17.5 Å². The Kier molecular flexibility index (Phi) is 4.51. The average Bonchev–Trinajstić information content (AvgIpc) is 2.30. The topological polar surface area (TPSA) is 52.3 Å². The number of benzene rings is 1. The van der Waals surface area contributed by atoms with Gasteiger partial charge in [-0.2, -0.15) is 0 Å². The number of nitrogens with two attached hydrogens (primary N) is 1. The Labute approximate surface area is 96.4 Å². The van der Waals surface area contributed by atoms with Gasteiger partial charge in [-0.25, -0.2) is 13.2 Å². The molecule has 0 aliphatic heterocycles. The fourth-order valence-corrected chi connectivity index (χ4v) is 1.35. The lowest BCUT2D eigenvalue weighted by molar-refractivity contribution is -0.140. The normalized spacial score (nSPS) is 12.3. The van der Waals surface area contributed by atoms with Crippen molar-refractivity contribution >= 4 is 5.97 Å². The van der Waals surface area contributed by atoms with E-state index in [4.69, 9.17) is 5.73 Å². The molecule has 17 heavy (non-hydrogen) atoms. The summed E-state index contributed by atoms with van der Waals surface area (Å²) >= 11 is 0. The van der Waals surface area contributed by atoms with Gasteiger partial charge < -0.3 is 10.5 Å². The summed E-state index contributed by atoms with van der Waals surface area (Å²) in [7, 11) is 1.21. The fourth-order valence-electron chi connectivity index (χ4n) is 1.35. The number of hydrogen-bond donors (Lipinski definition) is 1. The number of methoxy groups -OCH3 is 1. The average molecular weight is 247 g/mol. The van der Waals surface area contributed by atoms with Crippen LogP contribution < -0.4 is 5.73 Å². The first-order valence-electron chi connectivity index (χ1n) is 4.92. The van der Waals surface area contributed by atoms with E-state index in [9.17, 15) is 18.0 Å². The molecule has 94 valence electrons. The van der Waals surface area contributed by atoms with Gasteiger partial charge >= 0.3 is 5.97 Å². The van der Waals surface area contributed by atoms with Crippen molar-refractivity contribution in [3.8, 4) is 0 Å². The van der Waals surface area contributed by atoms with Crippen LogP contribution >= 0.6 is 0 Å².